The molecule has 0 spiro atoms. The summed E-state index contributed by atoms with van der Waals surface area (Å²) in [5, 5.41) is 3.55. The van der Waals surface area contributed by atoms with E-state index in [4.69, 9.17) is 9.47 Å². The summed E-state index contributed by atoms with van der Waals surface area (Å²) in [6.45, 7) is 5.86. The zero-order chi connectivity index (χ0) is 12.3. The first-order valence-electron chi connectivity index (χ1n) is 6.21. The van der Waals surface area contributed by atoms with Crippen molar-refractivity contribution in [1.29, 1.82) is 0 Å². The van der Waals surface area contributed by atoms with Crippen molar-refractivity contribution in [3.63, 3.8) is 0 Å². The molecule has 1 aliphatic heterocycles. The number of nitrogens with one attached hydrogen (secondary N) is 1. The average Bonchev–Trinajstić information content (AvgIpc) is 2.35. The third kappa shape index (κ3) is 2.72. The van der Waals surface area contributed by atoms with Crippen molar-refractivity contribution in [2.24, 2.45) is 0 Å². The lowest BCUT2D eigenvalue weighted by Gasteiger charge is -2.25. The molecule has 3 heteroatoms. The minimum atomic E-state index is 0.426. The Bertz CT molecular complexity index is 384. The van der Waals surface area contributed by atoms with E-state index in [0.29, 0.717) is 6.04 Å². The average molecular weight is 235 g/mol. The van der Waals surface area contributed by atoms with Gasteiger partial charge in [0.15, 0.2) is 0 Å². The molecule has 2 rings (SSSR count). The van der Waals surface area contributed by atoms with Crippen molar-refractivity contribution in [1.82, 2.24) is 0 Å². The van der Waals surface area contributed by atoms with E-state index in [9.17, 15) is 0 Å². The van der Waals surface area contributed by atoms with Gasteiger partial charge in [-0.15, -0.1) is 0 Å². The maximum atomic E-state index is 5.48. The van der Waals surface area contributed by atoms with Gasteiger partial charge in [0.25, 0.3) is 0 Å². The molecule has 0 aliphatic carbocycles. The van der Waals surface area contributed by atoms with Crippen molar-refractivity contribution >= 4 is 5.69 Å². The monoisotopic (exact) mass is 235 g/mol. The fraction of sp³-hybridized carbons (Fsp3) is 0.571. The van der Waals surface area contributed by atoms with Crippen molar-refractivity contribution in [3.05, 3.63) is 23.3 Å². The summed E-state index contributed by atoms with van der Waals surface area (Å²) < 4.78 is 10.9. The second-order valence-electron chi connectivity index (χ2n) is 4.65. The highest BCUT2D eigenvalue weighted by molar-refractivity contribution is 5.60. The lowest BCUT2D eigenvalue weighted by Crippen LogP contribution is -2.30. The molecule has 1 heterocycles. The van der Waals surface area contributed by atoms with E-state index in [1.54, 1.807) is 7.11 Å². The number of ether oxygens (including phenoxy) is 2. The molecular formula is C14H21NO2. The van der Waals surface area contributed by atoms with Crippen LogP contribution in [0.5, 0.6) is 5.75 Å². The molecule has 1 unspecified atom stereocenters. The maximum Gasteiger partial charge on any atom is 0.126 e. The quantitative estimate of drug-likeness (QED) is 0.873. The molecule has 17 heavy (non-hydrogen) atoms. The van der Waals surface area contributed by atoms with Gasteiger partial charge in [-0.2, -0.15) is 0 Å². The molecule has 1 atom stereocenters. The predicted octanol–water partition coefficient (Wildman–Crippen LogP) is 2.90. The third-order valence-electron chi connectivity index (χ3n) is 3.33. The maximum absolute atomic E-state index is 5.48. The summed E-state index contributed by atoms with van der Waals surface area (Å²) in [7, 11) is 1.73. The zero-order valence-corrected chi connectivity index (χ0v) is 10.9. The van der Waals surface area contributed by atoms with Crippen LogP contribution in [-0.2, 0) is 4.74 Å². The van der Waals surface area contributed by atoms with Gasteiger partial charge >= 0.3 is 0 Å². The summed E-state index contributed by atoms with van der Waals surface area (Å²) in [5.74, 6) is 0.978. The van der Waals surface area contributed by atoms with E-state index in [1.807, 2.05) is 0 Å². The van der Waals surface area contributed by atoms with Crippen LogP contribution >= 0.6 is 0 Å². The third-order valence-corrected chi connectivity index (χ3v) is 3.33. The SMILES string of the molecule is COc1c(C)ccc(NC2CCCOC2)c1C. The summed E-state index contributed by atoms with van der Waals surface area (Å²) in [6, 6.07) is 4.65. The van der Waals surface area contributed by atoms with Gasteiger partial charge in [0, 0.05) is 23.9 Å². The van der Waals surface area contributed by atoms with E-state index >= 15 is 0 Å². The molecule has 1 saturated heterocycles. The van der Waals surface area contributed by atoms with Crippen LogP contribution in [0.2, 0.25) is 0 Å². The standard InChI is InChI=1S/C14H21NO2/c1-10-6-7-13(11(2)14(10)16-3)15-12-5-4-8-17-9-12/h6-7,12,15H,4-5,8-9H2,1-3H3. The molecule has 1 fully saturated rings. The smallest absolute Gasteiger partial charge is 0.126 e. The number of rotatable bonds is 3. The van der Waals surface area contributed by atoms with Gasteiger partial charge in [0.1, 0.15) is 5.75 Å². The van der Waals surface area contributed by atoms with E-state index in [2.05, 4.69) is 31.3 Å². The Kier molecular flexibility index (Phi) is 3.89. The number of anilines is 1. The number of methoxy groups -OCH3 is 1. The molecule has 1 aromatic rings. The van der Waals surface area contributed by atoms with Crippen molar-refractivity contribution in [2.75, 3.05) is 25.6 Å². The van der Waals surface area contributed by atoms with Crippen LogP contribution in [0.15, 0.2) is 12.1 Å². The van der Waals surface area contributed by atoms with Crippen LogP contribution in [0.4, 0.5) is 5.69 Å². The molecule has 1 aromatic carbocycles. The largest absolute Gasteiger partial charge is 0.496 e. The van der Waals surface area contributed by atoms with E-state index in [0.717, 1.165) is 31.1 Å². The summed E-state index contributed by atoms with van der Waals surface area (Å²) in [4.78, 5) is 0. The van der Waals surface area contributed by atoms with E-state index in [1.165, 1.54) is 17.5 Å². The normalized spacial score (nSPS) is 20.1. The molecule has 0 radical (unpaired) electrons. The van der Waals surface area contributed by atoms with Gasteiger partial charge in [0.05, 0.1) is 13.7 Å². The van der Waals surface area contributed by atoms with Crippen LogP contribution in [0.1, 0.15) is 24.0 Å². The second kappa shape index (κ2) is 5.41. The molecule has 0 saturated carbocycles. The number of hydrogen-bond donors (Lipinski definition) is 1. The first kappa shape index (κ1) is 12.2. The Labute approximate surface area is 103 Å². The molecule has 1 aliphatic rings. The van der Waals surface area contributed by atoms with Crippen molar-refractivity contribution in [3.8, 4) is 5.75 Å². The molecule has 0 aromatic heterocycles. The van der Waals surface area contributed by atoms with Gasteiger partial charge in [0.2, 0.25) is 0 Å². The highest BCUT2D eigenvalue weighted by Crippen LogP contribution is 2.30. The Hall–Kier alpha value is -1.22. The zero-order valence-electron chi connectivity index (χ0n) is 10.9. The number of benzene rings is 1. The second-order valence-corrected chi connectivity index (χ2v) is 4.65. The molecule has 3 nitrogen and oxygen atoms in total. The topological polar surface area (TPSA) is 30.5 Å². The minimum Gasteiger partial charge on any atom is -0.496 e. The van der Waals surface area contributed by atoms with Crippen LogP contribution in [0.25, 0.3) is 0 Å². The van der Waals surface area contributed by atoms with Gasteiger partial charge in [-0.05, 0) is 38.3 Å². The van der Waals surface area contributed by atoms with Crippen LogP contribution in [0.3, 0.4) is 0 Å². The fourth-order valence-electron chi connectivity index (χ4n) is 2.37. The van der Waals surface area contributed by atoms with Gasteiger partial charge in [-0.1, -0.05) is 6.07 Å². The van der Waals surface area contributed by atoms with Crippen LogP contribution in [0, 0.1) is 13.8 Å². The highest BCUT2D eigenvalue weighted by atomic mass is 16.5. The fourth-order valence-corrected chi connectivity index (χ4v) is 2.37. The number of hydrogen-bond acceptors (Lipinski definition) is 3. The summed E-state index contributed by atoms with van der Waals surface area (Å²) in [6.07, 6.45) is 2.31. The van der Waals surface area contributed by atoms with Crippen LogP contribution in [-0.4, -0.2) is 26.4 Å². The van der Waals surface area contributed by atoms with Gasteiger partial charge < -0.3 is 14.8 Å². The molecular weight excluding hydrogens is 214 g/mol. The van der Waals surface area contributed by atoms with Crippen molar-refractivity contribution < 1.29 is 9.47 Å². The highest BCUT2D eigenvalue weighted by Gasteiger charge is 2.15. The minimum absolute atomic E-state index is 0.426. The van der Waals surface area contributed by atoms with E-state index < -0.39 is 0 Å². The Balaban J connectivity index is 2.15. The molecule has 94 valence electrons. The first-order valence-corrected chi connectivity index (χ1v) is 6.21. The Morgan fingerprint density at radius 2 is 2.18 bits per heavy atom. The summed E-state index contributed by atoms with van der Waals surface area (Å²) in [5.41, 5.74) is 3.51. The molecule has 0 amide bonds. The molecule has 0 bridgehead atoms. The van der Waals surface area contributed by atoms with Crippen LogP contribution < -0.4 is 10.1 Å². The first-order chi connectivity index (χ1) is 8.22. The van der Waals surface area contributed by atoms with Gasteiger partial charge in [-0.3, -0.25) is 0 Å². The van der Waals surface area contributed by atoms with Crippen molar-refractivity contribution in [2.45, 2.75) is 32.7 Å². The Morgan fingerprint density at radius 3 is 2.82 bits per heavy atom. The lowest BCUT2D eigenvalue weighted by atomic mass is 10.1. The summed E-state index contributed by atoms with van der Waals surface area (Å²) >= 11 is 0. The predicted molar refractivity (Wildman–Crippen MR) is 69.9 cm³/mol. The Morgan fingerprint density at radius 1 is 1.35 bits per heavy atom. The lowest BCUT2D eigenvalue weighted by molar-refractivity contribution is 0.0876. The van der Waals surface area contributed by atoms with Gasteiger partial charge in [-0.25, -0.2) is 0 Å². The molecule has 1 N–H and O–H groups in total. The number of aryl methyl sites for hydroxylation is 1. The van der Waals surface area contributed by atoms with E-state index in [-0.39, 0.29) is 0 Å².